The second-order valence-corrected chi connectivity index (χ2v) is 14.5. The maximum absolute atomic E-state index is 10.0. The van der Waals surface area contributed by atoms with Gasteiger partial charge in [0.1, 0.15) is 12.5 Å². The van der Waals surface area contributed by atoms with Crippen LogP contribution in [0, 0.1) is 5.92 Å². The van der Waals surface area contributed by atoms with Gasteiger partial charge in [0.2, 0.25) is 0 Å². The van der Waals surface area contributed by atoms with Crippen molar-refractivity contribution in [3.63, 3.8) is 0 Å². The van der Waals surface area contributed by atoms with Crippen molar-refractivity contribution in [2.45, 2.75) is 64.5 Å². The van der Waals surface area contributed by atoms with Crippen molar-refractivity contribution in [1.82, 2.24) is 0 Å². The Hall–Kier alpha value is -1.22. The molecular formula is C25H44O6Si. The van der Waals surface area contributed by atoms with Crippen LogP contribution >= 0.6 is 0 Å². The summed E-state index contributed by atoms with van der Waals surface area (Å²) >= 11 is 0. The van der Waals surface area contributed by atoms with E-state index in [9.17, 15) is 5.11 Å². The summed E-state index contributed by atoms with van der Waals surface area (Å²) in [7, 11) is 1.34. The molecule has 0 heterocycles. The Morgan fingerprint density at radius 3 is 2.31 bits per heavy atom. The Morgan fingerprint density at radius 1 is 1.12 bits per heavy atom. The first-order chi connectivity index (χ1) is 15.1. The van der Waals surface area contributed by atoms with Crippen LogP contribution in [0.5, 0.6) is 5.75 Å². The minimum absolute atomic E-state index is 0.00593. The molecule has 0 spiro atoms. The fourth-order valence-corrected chi connectivity index (χ4v) is 3.98. The molecule has 6 nitrogen and oxygen atoms in total. The molecule has 0 aliphatic carbocycles. The van der Waals surface area contributed by atoms with Gasteiger partial charge in [-0.1, -0.05) is 39.5 Å². The summed E-state index contributed by atoms with van der Waals surface area (Å²) in [5.41, 5.74) is 1.94. The number of hydrogen-bond acceptors (Lipinski definition) is 6. The van der Waals surface area contributed by atoms with E-state index in [4.69, 9.17) is 23.4 Å². The predicted octanol–water partition coefficient (Wildman–Crippen LogP) is 5.17. The van der Waals surface area contributed by atoms with E-state index in [1.807, 2.05) is 24.3 Å². The molecular weight excluding hydrogens is 424 g/mol. The van der Waals surface area contributed by atoms with Gasteiger partial charge in [-0.25, -0.2) is 0 Å². The van der Waals surface area contributed by atoms with Crippen molar-refractivity contribution in [2.75, 3.05) is 40.8 Å². The van der Waals surface area contributed by atoms with Crippen LogP contribution in [0.3, 0.4) is 0 Å². The molecule has 0 radical (unpaired) electrons. The van der Waals surface area contributed by atoms with Crippen molar-refractivity contribution in [3.05, 3.63) is 42.0 Å². The Bertz CT molecular complexity index is 653. The van der Waals surface area contributed by atoms with Gasteiger partial charge >= 0.3 is 0 Å². The van der Waals surface area contributed by atoms with Crippen LogP contribution in [-0.4, -0.2) is 60.4 Å². The summed E-state index contributed by atoms with van der Waals surface area (Å²) in [6.45, 7) is 17.0. The number of aliphatic hydroxyl groups excluding tert-OH is 1. The number of methoxy groups -OCH3 is 2. The fraction of sp³-hybridized carbons (Fsp3) is 0.680. The lowest BCUT2D eigenvalue weighted by Crippen LogP contribution is -2.42. The average Bonchev–Trinajstić information content (AvgIpc) is 2.75. The topological polar surface area (TPSA) is 66.4 Å². The van der Waals surface area contributed by atoms with Crippen molar-refractivity contribution in [3.8, 4) is 5.75 Å². The van der Waals surface area contributed by atoms with Gasteiger partial charge in [0.05, 0.1) is 26.4 Å². The fourth-order valence-electron chi connectivity index (χ4n) is 3.00. The summed E-state index contributed by atoms with van der Waals surface area (Å²) in [6.07, 6.45) is 1.24. The van der Waals surface area contributed by atoms with Crippen LogP contribution in [0.2, 0.25) is 18.1 Å². The van der Waals surface area contributed by atoms with Crippen molar-refractivity contribution >= 4 is 8.32 Å². The monoisotopic (exact) mass is 468 g/mol. The predicted molar refractivity (Wildman–Crippen MR) is 131 cm³/mol. The summed E-state index contributed by atoms with van der Waals surface area (Å²) in [5, 5.41) is 10.2. The zero-order valence-electron chi connectivity index (χ0n) is 21.1. The smallest absolute Gasteiger partial charge is 0.192 e. The minimum Gasteiger partial charge on any atom is -0.497 e. The molecule has 0 unspecified atom stereocenters. The van der Waals surface area contributed by atoms with E-state index >= 15 is 0 Å². The molecule has 32 heavy (non-hydrogen) atoms. The molecule has 1 rings (SSSR count). The maximum atomic E-state index is 10.0. The molecule has 0 aromatic heterocycles. The van der Waals surface area contributed by atoms with Gasteiger partial charge in [0, 0.05) is 26.2 Å². The molecule has 0 amide bonds. The first-order valence-corrected chi connectivity index (χ1v) is 14.2. The second-order valence-electron chi connectivity index (χ2n) is 9.69. The van der Waals surface area contributed by atoms with E-state index in [0.717, 1.165) is 29.7 Å². The number of hydrogen-bond donors (Lipinski definition) is 1. The zero-order valence-corrected chi connectivity index (χ0v) is 22.1. The highest BCUT2D eigenvalue weighted by Gasteiger charge is 2.37. The van der Waals surface area contributed by atoms with E-state index in [1.165, 1.54) is 0 Å². The van der Waals surface area contributed by atoms with Crippen molar-refractivity contribution in [2.24, 2.45) is 5.92 Å². The number of aliphatic hydroxyl groups is 1. The van der Waals surface area contributed by atoms with E-state index in [2.05, 4.69) is 40.4 Å². The lowest BCUT2D eigenvalue weighted by atomic mass is 9.93. The summed E-state index contributed by atoms with van der Waals surface area (Å²) < 4.78 is 28.3. The standard InChI is InChI=1S/C25H44O6Si/c1-20(17-31-32(7,8)25(2,3)4)24(30-19-27-5)22(16-26)10-9-15-29-18-21-11-13-23(28-6)14-12-21/h11-14,22,24,26H,1,9-10,15-19H2,2-8H3/t22-,24-/m0/s1. The van der Waals surface area contributed by atoms with Gasteiger partial charge in [-0.15, -0.1) is 0 Å². The number of ether oxygens (including phenoxy) is 4. The Labute approximate surface area is 196 Å². The molecule has 0 bridgehead atoms. The molecule has 1 aromatic carbocycles. The van der Waals surface area contributed by atoms with Gasteiger partial charge in [-0.05, 0) is 54.2 Å². The highest BCUT2D eigenvalue weighted by atomic mass is 28.4. The van der Waals surface area contributed by atoms with Crippen molar-refractivity contribution < 1.29 is 28.5 Å². The van der Waals surface area contributed by atoms with E-state index in [1.54, 1.807) is 14.2 Å². The molecule has 0 aliphatic heterocycles. The molecule has 7 heteroatoms. The van der Waals surface area contributed by atoms with Crippen molar-refractivity contribution in [1.29, 1.82) is 0 Å². The van der Waals surface area contributed by atoms with E-state index in [0.29, 0.717) is 19.8 Å². The van der Waals surface area contributed by atoms with Crippen LogP contribution in [-0.2, 0) is 25.2 Å². The van der Waals surface area contributed by atoms with E-state index < -0.39 is 8.32 Å². The Morgan fingerprint density at radius 2 is 1.78 bits per heavy atom. The van der Waals surface area contributed by atoms with Crippen LogP contribution in [0.1, 0.15) is 39.2 Å². The van der Waals surface area contributed by atoms with Gasteiger partial charge in [-0.3, -0.25) is 0 Å². The molecule has 0 saturated heterocycles. The van der Waals surface area contributed by atoms with E-state index in [-0.39, 0.29) is 30.5 Å². The molecule has 1 aromatic rings. The van der Waals surface area contributed by atoms with Gasteiger partial charge < -0.3 is 28.5 Å². The van der Waals surface area contributed by atoms with Gasteiger partial charge in [-0.2, -0.15) is 0 Å². The molecule has 0 saturated carbocycles. The Kier molecular flexibility index (Phi) is 12.7. The van der Waals surface area contributed by atoms with Crippen LogP contribution in [0.25, 0.3) is 0 Å². The SMILES string of the molecule is C=C(CO[Si](C)(C)C(C)(C)C)[C@H](OCOC)[C@H](CO)CCCOCc1ccc(OC)cc1. The van der Waals surface area contributed by atoms with Crippen LogP contribution < -0.4 is 4.74 Å². The highest BCUT2D eigenvalue weighted by molar-refractivity contribution is 6.74. The maximum Gasteiger partial charge on any atom is 0.192 e. The molecule has 0 aliphatic rings. The lowest BCUT2D eigenvalue weighted by molar-refractivity contribution is -0.0875. The zero-order chi connectivity index (χ0) is 24.2. The first-order valence-electron chi connectivity index (χ1n) is 11.3. The number of rotatable bonds is 16. The summed E-state index contributed by atoms with van der Waals surface area (Å²) in [6, 6.07) is 7.85. The lowest BCUT2D eigenvalue weighted by Gasteiger charge is -2.37. The number of benzene rings is 1. The first kappa shape index (κ1) is 28.8. The molecule has 184 valence electrons. The minimum atomic E-state index is -1.90. The molecule has 0 fully saturated rings. The largest absolute Gasteiger partial charge is 0.497 e. The average molecular weight is 469 g/mol. The highest BCUT2D eigenvalue weighted by Crippen LogP contribution is 2.37. The molecule has 2 atom stereocenters. The summed E-state index contributed by atoms with van der Waals surface area (Å²) in [4.78, 5) is 0. The van der Waals surface area contributed by atoms with Crippen LogP contribution in [0.4, 0.5) is 0 Å². The third-order valence-electron chi connectivity index (χ3n) is 6.15. The van der Waals surface area contributed by atoms with Crippen LogP contribution in [0.15, 0.2) is 36.4 Å². The third kappa shape index (κ3) is 9.73. The molecule has 1 N–H and O–H groups in total. The normalized spacial score (nSPS) is 14.2. The van der Waals surface area contributed by atoms with Gasteiger partial charge in [0.15, 0.2) is 8.32 Å². The Balaban J connectivity index is 2.56. The quantitative estimate of drug-likeness (QED) is 0.156. The third-order valence-corrected chi connectivity index (χ3v) is 10.6. The van der Waals surface area contributed by atoms with Gasteiger partial charge in [0.25, 0.3) is 0 Å². The second kappa shape index (κ2) is 14.1. The summed E-state index contributed by atoms with van der Waals surface area (Å²) in [5.74, 6) is 0.740.